The van der Waals surface area contributed by atoms with E-state index in [9.17, 15) is 18.0 Å². The maximum atomic E-state index is 14.4. The van der Waals surface area contributed by atoms with Crippen LogP contribution in [0.4, 0.5) is 18.9 Å². The maximum absolute atomic E-state index is 14.4. The second kappa shape index (κ2) is 6.13. The van der Waals surface area contributed by atoms with Gasteiger partial charge in [0.1, 0.15) is 12.3 Å². The summed E-state index contributed by atoms with van der Waals surface area (Å²) in [6, 6.07) is 0.0762. The van der Waals surface area contributed by atoms with E-state index in [1.807, 2.05) is 0 Å². The number of halogens is 4. The van der Waals surface area contributed by atoms with Gasteiger partial charge in [0.2, 0.25) is 0 Å². The van der Waals surface area contributed by atoms with Crippen molar-refractivity contribution >= 4 is 27.9 Å². The van der Waals surface area contributed by atoms with E-state index >= 15 is 0 Å². The molecule has 20 heavy (non-hydrogen) atoms. The summed E-state index contributed by atoms with van der Waals surface area (Å²) in [5, 5.41) is 0. The zero-order valence-electron chi connectivity index (χ0n) is 10.7. The van der Waals surface area contributed by atoms with Crippen molar-refractivity contribution in [3.8, 4) is 0 Å². The summed E-state index contributed by atoms with van der Waals surface area (Å²) in [7, 11) is 0. The molecule has 1 fully saturated rings. The van der Waals surface area contributed by atoms with Gasteiger partial charge in [-0.05, 0) is 6.92 Å². The number of hydrogen-bond acceptors (Lipinski definition) is 3. The van der Waals surface area contributed by atoms with E-state index in [-0.39, 0.29) is 24.4 Å². The first-order valence-electron chi connectivity index (χ1n) is 6.08. The third kappa shape index (κ3) is 2.69. The molecule has 2 rings (SSSR count). The number of nitrogens with zero attached hydrogens (tertiary/aromatic N) is 1. The Labute approximate surface area is 122 Å². The van der Waals surface area contributed by atoms with Crippen molar-refractivity contribution in [2.24, 2.45) is 0 Å². The highest BCUT2D eigenvalue weighted by Crippen LogP contribution is 2.35. The molecule has 2 unspecified atom stereocenters. The number of anilines is 1. The highest BCUT2D eigenvalue weighted by molar-refractivity contribution is 9.09. The Kier molecular flexibility index (Phi) is 4.70. The standard InChI is InChI=1S/C13H13BrF3NO2/c1-7(14)11-12(16)9(15)4-10(13(11)17)18-2-3-20-6-8(18)5-19/h4-5,7-8H,2-3,6H2,1H3. The summed E-state index contributed by atoms with van der Waals surface area (Å²) in [5.41, 5.74) is -0.498. The van der Waals surface area contributed by atoms with Crippen molar-refractivity contribution in [1.29, 1.82) is 0 Å². The SMILES string of the molecule is CC(Br)c1c(F)c(F)cc(N2CCOCC2C=O)c1F. The molecule has 2 atom stereocenters. The number of rotatable bonds is 3. The van der Waals surface area contributed by atoms with Crippen molar-refractivity contribution in [3.05, 3.63) is 29.1 Å². The summed E-state index contributed by atoms with van der Waals surface area (Å²) < 4.78 is 46.9. The molecule has 1 heterocycles. The van der Waals surface area contributed by atoms with Crippen LogP contribution in [0.3, 0.4) is 0 Å². The van der Waals surface area contributed by atoms with Crippen LogP contribution in [0.25, 0.3) is 0 Å². The van der Waals surface area contributed by atoms with Gasteiger partial charge in [-0.25, -0.2) is 13.2 Å². The molecule has 1 aliphatic heterocycles. The average molecular weight is 352 g/mol. The van der Waals surface area contributed by atoms with E-state index < -0.39 is 28.3 Å². The second-order valence-electron chi connectivity index (χ2n) is 4.51. The van der Waals surface area contributed by atoms with Crippen molar-refractivity contribution < 1.29 is 22.7 Å². The van der Waals surface area contributed by atoms with Crippen molar-refractivity contribution in [2.45, 2.75) is 17.8 Å². The molecule has 0 aromatic heterocycles. The van der Waals surface area contributed by atoms with Crippen LogP contribution in [-0.2, 0) is 9.53 Å². The van der Waals surface area contributed by atoms with Gasteiger partial charge in [-0.2, -0.15) is 0 Å². The minimum absolute atomic E-state index is 0.0983. The lowest BCUT2D eigenvalue weighted by Crippen LogP contribution is -2.47. The predicted octanol–water partition coefficient (Wildman–Crippen LogP) is 2.96. The Hall–Kier alpha value is -1.08. The Morgan fingerprint density at radius 2 is 2.15 bits per heavy atom. The number of benzene rings is 1. The molecule has 110 valence electrons. The molecule has 0 radical (unpaired) electrons. The van der Waals surface area contributed by atoms with E-state index in [2.05, 4.69) is 15.9 Å². The Morgan fingerprint density at radius 1 is 1.45 bits per heavy atom. The van der Waals surface area contributed by atoms with Gasteiger partial charge in [0.25, 0.3) is 0 Å². The molecule has 0 bridgehead atoms. The maximum Gasteiger partial charge on any atom is 0.166 e. The number of aldehydes is 1. The molecular weight excluding hydrogens is 339 g/mol. The molecule has 1 aromatic rings. The van der Waals surface area contributed by atoms with E-state index in [0.717, 1.165) is 6.07 Å². The number of carbonyl (C=O) groups excluding carboxylic acids is 1. The van der Waals surface area contributed by atoms with Crippen molar-refractivity contribution in [2.75, 3.05) is 24.7 Å². The number of morpholine rings is 1. The molecule has 0 aliphatic carbocycles. The van der Waals surface area contributed by atoms with Crippen LogP contribution in [-0.4, -0.2) is 32.1 Å². The number of carbonyl (C=O) groups is 1. The first kappa shape index (κ1) is 15.3. The lowest BCUT2D eigenvalue weighted by atomic mass is 10.1. The molecule has 1 saturated heterocycles. The first-order chi connectivity index (χ1) is 9.47. The summed E-state index contributed by atoms with van der Waals surface area (Å²) in [4.78, 5) is 11.7. The average Bonchev–Trinajstić information content (AvgIpc) is 2.42. The Balaban J connectivity index is 2.53. The van der Waals surface area contributed by atoms with E-state index in [1.54, 1.807) is 0 Å². The van der Waals surface area contributed by atoms with Gasteiger partial charge >= 0.3 is 0 Å². The monoisotopic (exact) mass is 351 g/mol. The summed E-state index contributed by atoms with van der Waals surface area (Å²) >= 11 is 3.05. The van der Waals surface area contributed by atoms with Crippen LogP contribution >= 0.6 is 15.9 Å². The molecule has 1 aliphatic rings. The third-order valence-electron chi connectivity index (χ3n) is 3.20. The normalized spacial score (nSPS) is 20.9. The molecule has 0 saturated carbocycles. The van der Waals surface area contributed by atoms with Crippen LogP contribution in [0, 0.1) is 17.5 Å². The zero-order chi connectivity index (χ0) is 14.9. The van der Waals surface area contributed by atoms with Gasteiger partial charge in [0.15, 0.2) is 17.5 Å². The predicted molar refractivity (Wildman–Crippen MR) is 71.7 cm³/mol. The molecule has 7 heteroatoms. The molecule has 1 aromatic carbocycles. The fourth-order valence-electron chi connectivity index (χ4n) is 2.20. The minimum atomic E-state index is -1.22. The molecular formula is C13H13BrF3NO2. The fraction of sp³-hybridized carbons (Fsp3) is 0.462. The molecule has 0 amide bonds. The van der Waals surface area contributed by atoms with Crippen LogP contribution < -0.4 is 4.90 Å². The lowest BCUT2D eigenvalue weighted by molar-refractivity contribution is -0.111. The molecule has 3 nitrogen and oxygen atoms in total. The van der Waals surface area contributed by atoms with Gasteiger partial charge in [-0.3, -0.25) is 0 Å². The van der Waals surface area contributed by atoms with E-state index in [4.69, 9.17) is 4.74 Å². The largest absolute Gasteiger partial charge is 0.377 e. The topological polar surface area (TPSA) is 29.5 Å². The Bertz CT molecular complexity index is 525. The number of ether oxygens (including phenoxy) is 1. The van der Waals surface area contributed by atoms with Gasteiger partial charge in [0.05, 0.1) is 18.9 Å². The van der Waals surface area contributed by atoms with E-state index in [0.29, 0.717) is 12.9 Å². The van der Waals surface area contributed by atoms with Crippen molar-refractivity contribution in [1.82, 2.24) is 0 Å². The first-order valence-corrected chi connectivity index (χ1v) is 7.00. The third-order valence-corrected chi connectivity index (χ3v) is 3.66. The van der Waals surface area contributed by atoms with Gasteiger partial charge in [-0.15, -0.1) is 0 Å². The van der Waals surface area contributed by atoms with Crippen LogP contribution in [0.15, 0.2) is 6.07 Å². The quantitative estimate of drug-likeness (QED) is 0.476. The second-order valence-corrected chi connectivity index (χ2v) is 5.88. The number of hydrogen-bond donors (Lipinski definition) is 0. The van der Waals surface area contributed by atoms with Crippen LogP contribution in [0.2, 0.25) is 0 Å². The molecule has 0 N–H and O–H groups in total. The summed E-state index contributed by atoms with van der Waals surface area (Å²) in [6.45, 7) is 2.13. The van der Waals surface area contributed by atoms with Crippen LogP contribution in [0.1, 0.15) is 17.3 Å². The highest BCUT2D eigenvalue weighted by Gasteiger charge is 2.29. The van der Waals surface area contributed by atoms with Crippen molar-refractivity contribution in [3.63, 3.8) is 0 Å². The smallest absolute Gasteiger partial charge is 0.166 e. The molecule has 0 spiro atoms. The summed E-state index contributed by atoms with van der Waals surface area (Å²) in [6.07, 6.45) is 0.608. The Morgan fingerprint density at radius 3 is 2.75 bits per heavy atom. The fourth-order valence-corrected chi connectivity index (χ4v) is 2.60. The number of alkyl halides is 1. The van der Waals surface area contributed by atoms with Crippen LogP contribution in [0.5, 0.6) is 0 Å². The zero-order valence-corrected chi connectivity index (χ0v) is 12.3. The van der Waals surface area contributed by atoms with Gasteiger partial charge in [-0.1, -0.05) is 15.9 Å². The minimum Gasteiger partial charge on any atom is -0.377 e. The summed E-state index contributed by atoms with van der Waals surface area (Å²) in [5.74, 6) is -3.22. The lowest BCUT2D eigenvalue weighted by Gasteiger charge is -2.34. The van der Waals surface area contributed by atoms with Gasteiger partial charge in [0, 0.05) is 23.0 Å². The van der Waals surface area contributed by atoms with Gasteiger partial charge < -0.3 is 14.4 Å². The highest BCUT2D eigenvalue weighted by atomic mass is 79.9. The van der Waals surface area contributed by atoms with E-state index in [1.165, 1.54) is 11.8 Å².